The van der Waals surface area contributed by atoms with Crippen molar-refractivity contribution in [1.29, 1.82) is 0 Å². The third-order valence-electron chi connectivity index (χ3n) is 4.59. The van der Waals surface area contributed by atoms with Crippen LogP contribution in [0.2, 0.25) is 0 Å². The number of nitrogens with one attached hydrogen (secondary N) is 4. The van der Waals surface area contributed by atoms with E-state index in [1.165, 1.54) is 12.1 Å². The van der Waals surface area contributed by atoms with E-state index in [0.29, 0.717) is 5.56 Å². The zero-order valence-electron chi connectivity index (χ0n) is 19.8. The van der Waals surface area contributed by atoms with E-state index in [4.69, 9.17) is 0 Å². The zero-order valence-corrected chi connectivity index (χ0v) is 20.7. The number of aryl methyl sites for hydroxylation is 1. The second-order valence-corrected chi connectivity index (χ2v) is 10.6. The fourth-order valence-electron chi connectivity index (χ4n) is 2.99. The number of carbonyl (C=O) groups excluding carboxylic acids is 3. The maximum Gasteiger partial charge on any atom is 0.251 e. The van der Waals surface area contributed by atoms with Crippen LogP contribution in [0.3, 0.4) is 0 Å². The summed E-state index contributed by atoms with van der Waals surface area (Å²) in [7, 11) is -4.05. The normalized spacial score (nSPS) is 12.5. The Bertz CT molecular complexity index is 1090. The molecule has 34 heavy (non-hydrogen) atoms. The van der Waals surface area contributed by atoms with Gasteiger partial charge in [-0.25, -0.2) is 8.42 Å². The molecule has 0 fully saturated rings. The zero-order chi connectivity index (χ0) is 25.4. The van der Waals surface area contributed by atoms with Crippen LogP contribution < -0.4 is 20.7 Å². The lowest BCUT2D eigenvalue weighted by Crippen LogP contribution is -2.51. The highest BCUT2D eigenvalue weighted by atomic mass is 32.2. The van der Waals surface area contributed by atoms with Crippen molar-refractivity contribution >= 4 is 27.7 Å². The number of carbonyl (C=O) groups is 3. The summed E-state index contributed by atoms with van der Waals surface area (Å²) in [4.78, 5) is 37.3. The lowest BCUT2D eigenvalue weighted by atomic mass is 10.1. The van der Waals surface area contributed by atoms with Crippen LogP contribution in [0.25, 0.3) is 0 Å². The highest BCUT2D eigenvalue weighted by Gasteiger charge is 2.29. The molecule has 0 aliphatic rings. The second kappa shape index (κ2) is 11.8. The van der Waals surface area contributed by atoms with Crippen LogP contribution in [0.1, 0.15) is 43.1 Å². The average molecular weight is 489 g/mol. The van der Waals surface area contributed by atoms with Gasteiger partial charge >= 0.3 is 0 Å². The van der Waals surface area contributed by atoms with E-state index >= 15 is 0 Å². The van der Waals surface area contributed by atoms with E-state index < -0.39 is 33.4 Å². The van der Waals surface area contributed by atoms with Gasteiger partial charge in [0.05, 0.1) is 11.3 Å². The Balaban J connectivity index is 2.03. The predicted octanol–water partition coefficient (Wildman–Crippen LogP) is 1.49. The van der Waals surface area contributed by atoms with Crippen molar-refractivity contribution in [1.82, 2.24) is 20.7 Å². The van der Waals surface area contributed by atoms with Crippen molar-refractivity contribution in [2.75, 3.05) is 13.1 Å². The summed E-state index contributed by atoms with van der Waals surface area (Å²) in [6.45, 7) is 7.36. The summed E-state index contributed by atoms with van der Waals surface area (Å²) < 4.78 is 28.0. The highest BCUT2D eigenvalue weighted by molar-refractivity contribution is 7.89. The van der Waals surface area contributed by atoms with Gasteiger partial charge in [0.2, 0.25) is 21.8 Å². The van der Waals surface area contributed by atoms with Crippen LogP contribution in [-0.4, -0.2) is 50.8 Å². The van der Waals surface area contributed by atoms with E-state index in [2.05, 4.69) is 20.7 Å². The monoisotopic (exact) mass is 488 g/mol. The van der Waals surface area contributed by atoms with Crippen molar-refractivity contribution in [3.63, 3.8) is 0 Å². The lowest BCUT2D eigenvalue weighted by molar-refractivity contribution is -0.128. The molecule has 0 radical (unpaired) electrons. The number of hydrogen-bond donors (Lipinski definition) is 4. The highest BCUT2D eigenvalue weighted by Crippen LogP contribution is 2.12. The van der Waals surface area contributed by atoms with Gasteiger partial charge in [-0.1, -0.05) is 35.9 Å². The maximum absolute atomic E-state index is 12.8. The molecular weight excluding hydrogens is 456 g/mol. The van der Waals surface area contributed by atoms with Crippen molar-refractivity contribution in [2.24, 2.45) is 0 Å². The molecule has 2 aromatic rings. The van der Waals surface area contributed by atoms with Gasteiger partial charge in [-0.15, -0.1) is 0 Å². The molecule has 4 N–H and O–H groups in total. The maximum atomic E-state index is 12.8. The van der Waals surface area contributed by atoms with Crippen LogP contribution in [0, 0.1) is 6.92 Å². The molecule has 0 saturated carbocycles. The van der Waals surface area contributed by atoms with Gasteiger partial charge in [-0.2, -0.15) is 4.72 Å². The van der Waals surface area contributed by atoms with Crippen LogP contribution in [0.15, 0.2) is 59.5 Å². The number of sulfonamides is 1. The third-order valence-corrected chi connectivity index (χ3v) is 6.08. The van der Waals surface area contributed by atoms with Gasteiger partial charge in [0.1, 0.15) is 6.04 Å². The minimum Gasteiger partial charge on any atom is -0.353 e. The first-order valence-electron chi connectivity index (χ1n) is 10.9. The molecule has 184 valence electrons. The number of amides is 3. The van der Waals surface area contributed by atoms with Crippen LogP contribution in [0.5, 0.6) is 0 Å². The molecule has 0 aliphatic carbocycles. The third kappa shape index (κ3) is 8.95. The lowest BCUT2D eigenvalue weighted by Gasteiger charge is -2.23. The fraction of sp³-hybridized carbons (Fsp3) is 0.375. The SMILES string of the molecule is Cc1ccc(S(=O)(=O)N[C@@H](CC(=O)NC(C)(C)C)C(=O)NCCNC(=O)c2ccccc2)cc1. The van der Waals surface area contributed by atoms with Crippen molar-refractivity contribution < 1.29 is 22.8 Å². The number of hydrogen-bond acceptors (Lipinski definition) is 5. The smallest absolute Gasteiger partial charge is 0.251 e. The molecule has 0 unspecified atom stereocenters. The Morgan fingerprint density at radius 3 is 2.06 bits per heavy atom. The van der Waals surface area contributed by atoms with Crippen LogP contribution in [0.4, 0.5) is 0 Å². The molecule has 0 heterocycles. The quantitative estimate of drug-likeness (QED) is 0.376. The molecule has 0 saturated heterocycles. The Hall–Kier alpha value is -3.24. The van der Waals surface area contributed by atoms with Gasteiger partial charge in [0.25, 0.3) is 5.91 Å². The minimum atomic E-state index is -4.05. The predicted molar refractivity (Wildman–Crippen MR) is 130 cm³/mol. The number of rotatable bonds is 10. The topological polar surface area (TPSA) is 133 Å². The van der Waals surface area contributed by atoms with Crippen molar-refractivity contribution in [3.05, 3.63) is 65.7 Å². The summed E-state index contributed by atoms with van der Waals surface area (Å²) in [5.74, 6) is -1.44. The molecular formula is C24H32N4O5S. The Labute approximate surface area is 200 Å². The van der Waals surface area contributed by atoms with Crippen molar-refractivity contribution in [3.8, 4) is 0 Å². The molecule has 2 aromatic carbocycles. The molecule has 1 atom stereocenters. The molecule has 2 rings (SSSR count). The molecule has 0 aromatic heterocycles. The fourth-order valence-corrected chi connectivity index (χ4v) is 4.19. The standard InChI is InChI=1S/C24H32N4O5S/c1-17-10-12-19(13-11-17)34(32,33)28-20(16-21(29)27-24(2,3)4)23(31)26-15-14-25-22(30)18-8-6-5-7-9-18/h5-13,20,28H,14-16H2,1-4H3,(H,25,30)(H,26,31)(H,27,29)/t20-/m0/s1. The summed E-state index contributed by atoms with van der Waals surface area (Å²) in [5, 5.41) is 7.98. The van der Waals surface area contributed by atoms with E-state index in [-0.39, 0.29) is 30.3 Å². The van der Waals surface area contributed by atoms with Gasteiger partial charge in [0.15, 0.2) is 0 Å². The van der Waals surface area contributed by atoms with E-state index in [1.54, 1.807) is 63.2 Å². The largest absolute Gasteiger partial charge is 0.353 e. The summed E-state index contributed by atoms with van der Waals surface area (Å²) in [6, 6.07) is 13.4. The average Bonchev–Trinajstić information content (AvgIpc) is 2.75. The van der Waals surface area contributed by atoms with E-state index in [1.807, 2.05) is 6.92 Å². The Morgan fingerprint density at radius 1 is 0.882 bits per heavy atom. The molecule has 0 spiro atoms. The summed E-state index contributed by atoms with van der Waals surface area (Å²) >= 11 is 0. The van der Waals surface area contributed by atoms with Gasteiger partial charge < -0.3 is 16.0 Å². The van der Waals surface area contributed by atoms with E-state index in [9.17, 15) is 22.8 Å². The van der Waals surface area contributed by atoms with Gasteiger partial charge in [-0.3, -0.25) is 14.4 Å². The first kappa shape index (κ1) is 27.0. The summed E-state index contributed by atoms with van der Waals surface area (Å²) in [6.07, 6.45) is -0.384. The second-order valence-electron chi connectivity index (χ2n) is 8.90. The first-order chi connectivity index (χ1) is 15.9. The van der Waals surface area contributed by atoms with Gasteiger partial charge in [-0.05, 0) is 52.0 Å². The van der Waals surface area contributed by atoms with Crippen molar-refractivity contribution in [2.45, 2.75) is 50.6 Å². The minimum absolute atomic E-state index is 0.0118. The van der Waals surface area contributed by atoms with E-state index in [0.717, 1.165) is 5.56 Å². The van der Waals surface area contributed by atoms with Crippen LogP contribution >= 0.6 is 0 Å². The molecule has 0 aliphatic heterocycles. The first-order valence-corrected chi connectivity index (χ1v) is 12.4. The van der Waals surface area contributed by atoms with Crippen LogP contribution in [-0.2, 0) is 19.6 Å². The Kier molecular flexibility index (Phi) is 9.34. The Morgan fingerprint density at radius 2 is 1.47 bits per heavy atom. The molecule has 10 heteroatoms. The van der Waals surface area contributed by atoms with Gasteiger partial charge in [0, 0.05) is 24.2 Å². The molecule has 9 nitrogen and oxygen atoms in total. The summed E-state index contributed by atoms with van der Waals surface area (Å²) in [5.41, 5.74) is 0.821. The number of benzene rings is 2. The molecule has 3 amide bonds. The molecule has 0 bridgehead atoms.